The molecule has 0 saturated carbocycles. The average Bonchev–Trinajstić information content (AvgIpc) is 2.71. The van der Waals surface area contributed by atoms with Gasteiger partial charge in [0.15, 0.2) is 0 Å². The molecule has 2 aromatic carbocycles. The van der Waals surface area contributed by atoms with Crippen LogP contribution in [0.2, 0.25) is 0 Å². The minimum atomic E-state index is -3.88. The highest BCUT2D eigenvalue weighted by Gasteiger charge is 2.22. The minimum absolute atomic E-state index is 0.0112. The van der Waals surface area contributed by atoms with Crippen LogP contribution in [-0.4, -0.2) is 51.2 Å². The van der Waals surface area contributed by atoms with E-state index >= 15 is 0 Å². The van der Waals surface area contributed by atoms with Gasteiger partial charge in [0.2, 0.25) is 21.8 Å². The SMILES string of the molecule is CN(CC(=O)NCCNC(=O)Cc1cccc(F)c1)S(=O)(=O)c1ccc(C#N)cc1. The van der Waals surface area contributed by atoms with Crippen molar-refractivity contribution in [3.63, 3.8) is 0 Å². The van der Waals surface area contributed by atoms with Crippen LogP contribution in [0.3, 0.4) is 0 Å². The van der Waals surface area contributed by atoms with E-state index in [2.05, 4.69) is 10.6 Å². The van der Waals surface area contributed by atoms with Crippen LogP contribution in [0.1, 0.15) is 11.1 Å². The lowest BCUT2D eigenvalue weighted by Gasteiger charge is -2.17. The molecule has 0 aromatic heterocycles. The summed E-state index contributed by atoms with van der Waals surface area (Å²) in [6, 6.07) is 13.0. The second-order valence-corrected chi connectivity index (χ2v) is 8.45. The Hall–Kier alpha value is -3.29. The number of amides is 2. The molecule has 2 rings (SSSR count). The molecule has 0 fully saturated rings. The number of hydrogen-bond acceptors (Lipinski definition) is 5. The first kappa shape index (κ1) is 23.0. The molecule has 0 aliphatic carbocycles. The molecule has 158 valence electrons. The van der Waals surface area contributed by atoms with E-state index in [-0.39, 0.29) is 30.3 Å². The van der Waals surface area contributed by atoms with Gasteiger partial charge < -0.3 is 10.6 Å². The number of likely N-dealkylation sites (N-methyl/N-ethyl adjacent to an activating group) is 1. The van der Waals surface area contributed by atoms with Crippen LogP contribution >= 0.6 is 0 Å². The topological polar surface area (TPSA) is 119 Å². The van der Waals surface area contributed by atoms with Gasteiger partial charge in [0.25, 0.3) is 0 Å². The highest BCUT2D eigenvalue weighted by atomic mass is 32.2. The number of nitrogens with zero attached hydrogens (tertiary/aromatic N) is 2. The maximum absolute atomic E-state index is 13.1. The van der Waals surface area contributed by atoms with Gasteiger partial charge in [0, 0.05) is 20.1 Å². The Morgan fingerprint density at radius 2 is 1.70 bits per heavy atom. The van der Waals surface area contributed by atoms with Crippen molar-refractivity contribution < 1.29 is 22.4 Å². The largest absolute Gasteiger partial charge is 0.354 e. The fourth-order valence-corrected chi connectivity index (χ4v) is 3.65. The van der Waals surface area contributed by atoms with Gasteiger partial charge in [-0.15, -0.1) is 0 Å². The van der Waals surface area contributed by atoms with E-state index in [1.807, 2.05) is 6.07 Å². The van der Waals surface area contributed by atoms with Crippen LogP contribution in [0.25, 0.3) is 0 Å². The summed E-state index contributed by atoms with van der Waals surface area (Å²) in [6.45, 7) is -0.149. The maximum atomic E-state index is 13.1. The summed E-state index contributed by atoms with van der Waals surface area (Å²) in [5.41, 5.74) is 0.861. The molecule has 30 heavy (non-hydrogen) atoms. The van der Waals surface area contributed by atoms with Gasteiger partial charge in [-0.2, -0.15) is 9.57 Å². The summed E-state index contributed by atoms with van der Waals surface area (Å²) < 4.78 is 38.9. The fourth-order valence-electron chi connectivity index (χ4n) is 2.52. The number of nitriles is 1. The molecule has 0 spiro atoms. The number of nitrogens with one attached hydrogen (secondary N) is 2. The van der Waals surface area contributed by atoms with Crippen molar-refractivity contribution in [2.24, 2.45) is 0 Å². The fraction of sp³-hybridized carbons (Fsp3) is 0.250. The number of halogens is 1. The molecule has 8 nitrogen and oxygen atoms in total. The van der Waals surface area contributed by atoms with Crippen molar-refractivity contribution >= 4 is 21.8 Å². The summed E-state index contributed by atoms with van der Waals surface area (Å²) >= 11 is 0. The first-order valence-electron chi connectivity index (χ1n) is 8.96. The van der Waals surface area contributed by atoms with E-state index in [4.69, 9.17) is 5.26 Å². The van der Waals surface area contributed by atoms with E-state index in [9.17, 15) is 22.4 Å². The third kappa shape index (κ3) is 6.65. The average molecular weight is 432 g/mol. The van der Waals surface area contributed by atoms with E-state index in [1.54, 1.807) is 6.07 Å². The van der Waals surface area contributed by atoms with Crippen molar-refractivity contribution in [2.45, 2.75) is 11.3 Å². The number of carbonyl (C=O) groups excluding carboxylic acids is 2. The van der Waals surface area contributed by atoms with Gasteiger partial charge in [-0.05, 0) is 42.0 Å². The lowest BCUT2D eigenvalue weighted by molar-refractivity contribution is -0.122. The summed E-state index contributed by atoms with van der Waals surface area (Å²) in [6.07, 6.45) is 0.0112. The molecule has 0 radical (unpaired) electrons. The number of carbonyl (C=O) groups is 2. The Morgan fingerprint density at radius 3 is 2.30 bits per heavy atom. The predicted octanol–water partition coefficient (Wildman–Crippen LogP) is 0.793. The van der Waals surface area contributed by atoms with Crippen LogP contribution in [-0.2, 0) is 26.0 Å². The molecule has 2 N–H and O–H groups in total. The summed E-state index contributed by atoms with van der Waals surface area (Å²) in [4.78, 5) is 23.8. The summed E-state index contributed by atoms with van der Waals surface area (Å²) in [5.74, 6) is -1.28. The quantitative estimate of drug-likeness (QED) is 0.568. The molecular formula is C20H21FN4O4S. The van der Waals surface area contributed by atoms with E-state index in [0.717, 1.165) is 4.31 Å². The smallest absolute Gasteiger partial charge is 0.243 e. The van der Waals surface area contributed by atoms with Crippen molar-refractivity contribution in [1.82, 2.24) is 14.9 Å². The van der Waals surface area contributed by atoms with Crippen LogP contribution in [0.4, 0.5) is 4.39 Å². The molecule has 0 saturated heterocycles. The Morgan fingerprint density at radius 1 is 1.07 bits per heavy atom. The Balaban J connectivity index is 1.75. The van der Waals surface area contributed by atoms with Crippen molar-refractivity contribution in [1.29, 1.82) is 5.26 Å². The zero-order valence-corrected chi connectivity index (χ0v) is 17.1. The van der Waals surface area contributed by atoms with Crippen molar-refractivity contribution in [2.75, 3.05) is 26.7 Å². The molecule has 0 atom stereocenters. The number of sulfonamides is 1. The van der Waals surface area contributed by atoms with Gasteiger partial charge in [-0.25, -0.2) is 12.8 Å². The first-order chi connectivity index (χ1) is 14.2. The molecule has 0 bridgehead atoms. The Kier molecular flexibility index (Phi) is 8.03. The van der Waals surface area contributed by atoms with Crippen LogP contribution < -0.4 is 10.6 Å². The van der Waals surface area contributed by atoms with Crippen molar-refractivity contribution in [3.8, 4) is 6.07 Å². The second kappa shape index (κ2) is 10.5. The molecule has 0 aliphatic rings. The van der Waals surface area contributed by atoms with Gasteiger partial charge in [0.1, 0.15) is 5.82 Å². The zero-order valence-electron chi connectivity index (χ0n) is 16.3. The zero-order chi connectivity index (χ0) is 22.1. The molecular weight excluding hydrogens is 411 g/mol. The molecule has 2 amide bonds. The van der Waals surface area contributed by atoms with E-state index in [1.165, 1.54) is 49.5 Å². The van der Waals surface area contributed by atoms with Gasteiger partial charge in [-0.1, -0.05) is 12.1 Å². The highest BCUT2D eigenvalue weighted by molar-refractivity contribution is 7.89. The minimum Gasteiger partial charge on any atom is -0.354 e. The first-order valence-corrected chi connectivity index (χ1v) is 10.4. The number of rotatable bonds is 9. The summed E-state index contributed by atoms with van der Waals surface area (Å²) in [5, 5.41) is 13.9. The van der Waals surface area contributed by atoms with Crippen molar-refractivity contribution in [3.05, 3.63) is 65.5 Å². The van der Waals surface area contributed by atoms with Gasteiger partial charge in [-0.3, -0.25) is 9.59 Å². The molecule has 10 heteroatoms. The van der Waals surface area contributed by atoms with E-state index in [0.29, 0.717) is 11.1 Å². The normalized spacial score (nSPS) is 11.0. The van der Waals surface area contributed by atoms with Crippen LogP contribution in [0.15, 0.2) is 53.4 Å². The summed E-state index contributed by atoms with van der Waals surface area (Å²) in [7, 11) is -2.61. The highest BCUT2D eigenvalue weighted by Crippen LogP contribution is 2.14. The Labute approximate surface area is 174 Å². The molecule has 0 unspecified atom stereocenters. The lowest BCUT2D eigenvalue weighted by Crippen LogP contribution is -2.41. The molecule has 0 heterocycles. The lowest BCUT2D eigenvalue weighted by atomic mass is 10.1. The third-order valence-electron chi connectivity index (χ3n) is 4.08. The maximum Gasteiger partial charge on any atom is 0.243 e. The third-order valence-corrected chi connectivity index (χ3v) is 5.90. The predicted molar refractivity (Wildman–Crippen MR) is 107 cm³/mol. The van der Waals surface area contributed by atoms with Gasteiger partial charge in [0.05, 0.1) is 29.5 Å². The number of benzene rings is 2. The Bertz CT molecular complexity index is 1050. The molecule has 0 aliphatic heterocycles. The monoisotopic (exact) mass is 432 g/mol. The standard InChI is InChI=1S/C20H21FN4O4S/c1-25(30(28,29)18-7-5-15(13-22)6-8-18)14-20(27)24-10-9-23-19(26)12-16-3-2-4-17(21)11-16/h2-8,11H,9-10,12,14H2,1H3,(H,23,26)(H,24,27). The van der Waals surface area contributed by atoms with E-state index < -0.39 is 28.3 Å². The van der Waals surface area contributed by atoms with Gasteiger partial charge >= 0.3 is 0 Å². The van der Waals surface area contributed by atoms with Crippen LogP contribution in [0.5, 0.6) is 0 Å². The second-order valence-electron chi connectivity index (χ2n) is 6.40. The van der Waals surface area contributed by atoms with Crippen LogP contribution in [0, 0.1) is 17.1 Å². The molecule has 2 aromatic rings. The number of hydrogen-bond donors (Lipinski definition) is 2.